The van der Waals surface area contributed by atoms with Gasteiger partial charge in [0.1, 0.15) is 0 Å². The molecule has 0 unspecified atom stereocenters. The fraction of sp³-hybridized carbons (Fsp3) is 0.400. The predicted octanol–water partition coefficient (Wildman–Crippen LogP) is 0.490. The van der Waals surface area contributed by atoms with E-state index >= 15 is 0 Å². The first kappa shape index (κ1) is 13.9. The van der Waals surface area contributed by atoms with E-state index < -0.39 is 0 Å². The number of H-pyrrole nitrogens is 1. The number of anilines is 1. The molecule has 2 aromatic rings. The van der Waals surface area contributed by atoms with Crippen molar-refractivity contribution in [2.75, 3.05) is 4.90 Å². The van der Waals surface area contributed by atoms with E-state index in [1.807, 2.05) is 12.2 Å². The average molecular weight is 313 g/mol. The third kappa shape index (κ3) is 1.81. The van der Waals surface area contributed by atoms with E-state index in [1.165, 1.54) is 4.52 Å². The van der Waals surface area contributed by atoms with Crippen LogP contribution in [0.1, 0.15) is 24.1 Å². The van der Waals surface area contributed by atoms with Gasteiger partial charge in [-0.1, -0.05) is 12.2 Å². The molecule has 1 N–H and O–H groups in total. The van der Waals surface area contributed by atoms with Gasteiger partial charge in [-0.25, -0.2) is 9.88 Å². The molecule has 4 rings (SSSR count). The topological polar surface area (TPSA) is 100 Å². The average Bonchev–Trinajstić information content (AvgIpc) is 3.06. The lowest BCUT2D eigenvalue weighted by Crippen LogP contribution is -2.32. The van der Waals surface area contributed by atoms with Crippen LogP contribution in [0.15, 0.2) is 16.9 Å². The molecule has 1 fully saturated rings. The molecule has 0 bridgehead atoms. The van der Waals surface area contributed by atoms with Gasteiger partial charge in [-0.2, -0.15) is 9.50 Å². The standard InChI is InChI=1S/C15H15N5O3/c1-7-8(2)16-14-17-15(18-20(14)11(7)21)19-12(22)9-5-3-4-6-10(9)13(19)23/h3-4,9-10H,5-6H2,1-2H3,(H,16,17,18)/t9-,10+. The lowest BCUT2D eigenvalue weighted by Gasteiger charge is -2.14. The van der Waals surface area contributed by atoms with Gasteiger partial charge in [0.2, 0.25) is 17.8 Å². The fourth-order valence-corrected chi connectivity index (χ4v) is 3.20. The van der Waals surface area contributed by atoms with Gasteiger partial charge < -0.3 is 0 Å². The minimum Gasteiger partial charge on any atom is -0.274 e. The van der Waals surface area contributed by atoms with Crippen molar-refractivity contribution in [3.63, 3.8) is 0 Å². The van der Waals surface area contributed by atoms with Crippen LogP contribution in [0.3, 0.4) is 0 Å². The number of aromatic nitrogens is 4. The number of aryl methyl sites for hydroxylation is 1. The van der Waals surface area contributed by atoms with Gasteiger partial charge in [0.15, 0.2) is 0 Å². The van der Waals surface area contributed by atoms with Crippen LogP contribution < -0.4 is 10.5 Å². The molecule has 0 saturated carbocycles. The number of aromatic amines is 1. The Morgan fingerprint density at radius 1 is 1.04 bits per heavy atom. The van der Waals surface area contributed by atoms with E-state index in [1.54, 1.807) is 13.8 Å². The summed E-state index contributed by atoms with van der Waals surface area (Å²) in [5, 5.41) is 2.74. The molecule has 8 nitrogen and oxygen atoms in total. The number of fused-ring (bicyclic) bond motifs is 2. The summed E-state index contributed by atoms with van der Waals surface area (Å²) in [5.41, 5.74) is 0.782. The molecule has 1 saturated heterocycles. The van der Waals surface area contributed by atoms with Gasteiger partial charge in [-0.3, -0.25) is 19.5 Å². The van der Waals surface area contributed by atoms with Crippen LogP contribution in [0, 0.1) is 25.7 Å². The maximum Gasteiger partial charge on any atom is 0.277 e. The molecule has 2 aromatic heterocycles. The number of carbonyl (C=O) groups is 2. The lowest BCUT2D eigenvalue weighted by molar-refractivity contribution is -0.122. The molecule has 118 valence electrons. The summed E-state index contributed by atoms with van der Waals surface area (Å²) in [7, 11) is 0. The van der Waals surface area contributed by atoms with Crippen LogP contribution in [-0.4, -0.2) is 31.4 Å². The summed E-state index contributed by atoms with van der Waals surface area (Å²) >= 11 is 0. The van der Waals surface area contributed by atoms with Gasteiger partial charge in [0.05, 0.1) is 11.8 Å². The van der Waals surface area contributed by atoms with E-state index in [4.69, 9.17) is 0 Å². The van der Waals surface area contributed by atoms with E-state index in [9.17, 15) is 14.4 Å². The van der Waals surface area contributed by atoms with Crippen molar-refractivity contribution in [3.8, 4) is 0 Å². The molecular formula is C15H15N5O3. The molecule has 23 heavy (non-hydrogen) atoms. The van der Waals surface area contributed by atoms with Crippen LogP contribution in [0.4, 0.5) is 5.95 Å². The minimum atomic E-state index is -0.339. The van der Waals surface area contributed by atoms with Gasteiger partial charge in [-0.15, -0.1) is 0 Å². The fourth-order valence-electron chi connectivity index (χ4n) is 3.20. The number of nitrogens with zero attached hydrogens (tertiary/aromatic N) is 4. The van der Waals surface area contributed by atoms with E-state index in [0.29, 0.717) is 24.1 Å². The molecule has 1 aliphatic heterocycles. The maximum atomic E-state index is 12.5. The third-order valence-corrected chi connectivity index (χ3v) is 4.67. The molecule has 8 heteroatoms. The van der Waals surface area contributed by atoms with Crippen LogP contribution in [-0.2, 0) is 9.59 Å². The smallest absolute Gasteiger partial charge is 0.274 e. The van der Waals surface area contributed by atoms with E-state index in [-0.39, 0.29) is 40.9 Å². The molecule has 0 spiro atoms. The van der Waals surface area contributed by atoms with Crippen molar-refractivity contribution in [1.82, 2.24) is 19.6 Å². The Morgan fingerprint density at radius 2 is 1.65 bits per heavy atom. The zero-order valence-electron chi connectivity index (χ0n) is 12.7. The van der Waals surface area contributed by atoms with Crippen molar-refractivity contribution in [2.24, 2.45) is 11.8 Å². The molecular weight excluding hydrogens is 298 g/mol. The SMILES string of the molecule is Cc1nc2nc(N3C(=O)[C@H]4CC=CC[C@H]4C3=O)[nH]n2c(=O)c1C. The zero-order valence-corrected chi connectivity index (χ0v) is 12.7. The van der Waals surface area contributed by atoms with Crippen LogP contribution in [0.2, 0.25) is 0 Å². The zero-order chi connectivity index (χ0) is 16.3. The van der Waals surface area contributed by atoms with E-state index in [2.05, 4.69) is 15.1 Å². The second-order valence-electron chi connectivity index (χ2n) is 5.98. The number of imide groups is 1. The van der Waals surface area contributed by atoms with Gasteiger partial charge >= 0.3 is 0 Å². The van der Waals surface area contributed by atoms with Crippen LogP contribution >= 0.6 is 0 Å². The normalized spacial score (nSPS) is 23.8. The molecule has 2 atom stereocenters. The van der Waals surface area contributed by atoms with Gasteiger partial charge in [-0.05, 0) is 26.7 Å². The van der Waals surface area contributed by atoms with Gasteiger partial charge in [0.25, 0.3) is 11.3 Å². The summed E-state index contributed by atoms with van der Waals surface area (Å²) in [5.74, 6) is -1.01. The first-order chi connectivity index (χ1) is 11.0. The summed E-state index contributed by atoms with van der Waals surface area (Å²) in [4.78, 5) is 46.8. The van der Waals surface area contributed by atoms with Crippen molar-refractivity contribution in [1.29, 1.82) is 0 Å². The first-order valence-electron chi connectivity index (χ1n) is 7.48. The Hall–Kier alpha value is -2.77. The van der Waals surface area contributed by atoms with Crippen molar-refractivity contribution >= 4 is 23.5 Å². The van der Waals surface area contributed by atoms with Crippen molar-refractivity contribution in [3.05, 3.63) is 33.8 Å². The van der Waals surface area contributed by atoms with Gasteiger partial charge in [0, 0.05) is 11.3 Å². The second kappa shape index (κ2) is 4.61. The number of amides is 2. The molecule has 0 aromatic carbocycles. The molecule has 1 aliphatic carbocycles. The highest BCUT2D eigenvalue weighted by molar-refractivity contribution is 6.21. The summed E-state index contributed by atoms with van der Waals surface area (Å²) in [6.07, 6.45) is 4.96. The Kier molecular flexibility index (Phi) is 2.78. The molecule has 0 radical (unpaired) electrons. The number of hydrogen-bond donors (Lipinski definition) is 1. The minimum absolute atomic E-state index is 0.0593. The Morgan fingerprint density at radius 3 is 2.26 bits per heavy atom. The highest BCUT2D eigenvalue weighted by atomic mass is 16.2. The molecule has 2 aliphatic rings. The maximum absolute atomic E-state index is 12.5. The molecule has 3 heterocycles. The quantitative estimate of drug-likeness (QED) is 0.610. The monoisotopic (exact) mass is 313 g/mol. The predicted molar refractivity (Wildman–Crippen MR) is 80.9 cm³/mol. The lowest BCUT2D eigenvalue weighted by atomic mass is 9.85. The number of carbonyl (C=O) groups excluding carboxylic acids is 2. The van der Waals surface area contributed by atoms with Crippen molar-refractivity contribution < 1.29 is 9.59 Å². The largest absolute Gasteiger partial charge is 0.277 e. The number of allylic oxidation sites excluding steroid dienone is 2. The summed E-state index contributed by atoms with van der Waals surface area (Å²) < 4.78 is 1.17. The van der Waals surface area contributed by atoms with Crippen LogP contribution in [0.25, 0.3) is 5.78 Å². The number of hydrogen-bond acceptors (Lipinski definition) is 5. The number of rotatable bonds is 1. The summed E-state index contributed by atoms with van der Waals surface area (Å²) in [6, 6.07) is 0. The van der Waals surface area contributed by atoms with E-state index in [0.717, 1.165) is 4.90 Å². The number of nitrogens with one attached hydrogen (secondary N) is 1. The first-order valence-corrected chi connectivity index (χ1v) is 7.48. The van der Waals surface area contributed by atoms with Crippen LogP contribution in [0.5, 0.6) is 0 Å². The third-order valence-electron chi connectivity index (χ3n) is 4.67. The second-order valence-corrected chi connectivity index (χ2v) is 5.98. The highest BCUT2D eigenvalue weighted by Crippen LogP contribution is 2.36. The van der Waals surface area contributed by atoms with Crippen molar-refractivity contribution in [2.45, 2.75) is 26.7 Å². The summed E-state index contributed by atoms with van der Waals surface area (Å²) in [6.45, 7) is 3.39. The Bertz CT molecular complexity index is 912. The highest BCUT2D eigenvalue weighted by Gasteiger charge is 2.49. The Balaban J connectivity index is 1.84. The Labute approximate surface area is 130 Å². The molecule has 2 amide bonds.